The van der Waals surface area contributed by atoms with E-state index in [-0.39, 0.29) is 0 Å². The van der Waals surface area contributed by atoms with Crippen molar-refractivity contribution >= 4 is 5.69 Å². The molecule has 1 aliphatic heterocycles. The molecule has 5 nitrogen and oxygen atoms in total. The van der Waals surface area contributed by atoms with Crippen molar-refractivity contribution in [3.63, 3.8) is 0 Å². The summed E-state index contributed by atoms with van der Waals surface area (Å²) in [7, 11) is 1.68. The highest BCUT2D eigenvalue weighted by Crippen LogP contribution is 2.24. The molecule has 1 atom stereocenters. The second kappa shape index (κ2) is 7.28. The van der Waals surface area contributed by atoms with Gasteiger partial charge in [-0.05, 0) is 56.2 Å². The van der Waals surface area contributed by atoms with Crippen molar-refractivity contribution in [3.8, 4) is 5.75 Å². The Hall–Kier alpha value is -1.98. The molecule has 1 aliphatic rings. The first-order valence-corrected chi connectivity index (χ1v) is 8.47. The predicted octanol–water partition coefficient (Wildman–Crippen LogP) is 2.75. The van der Waals surface area contributed by atoms with Crippen molar-refractivity contribution in [2.45, 2.75) is 31.4 Å². The number of hydrogen-bond donors (Lipinski definition) is 2. The molecule has 0 saturated carbocycles. The zero-order chi connectivity index (χ0) is 17.0. The molecule has 0 aliphatic carbocycles. The number of nitrogens with zero attached hydrogens (tertiary/aromatic N) is 1. The first kappa shape index (κ1) is 16.9. The maximum Gasteiger partial charge on any atom is 0.136 e. The number of piperidine rings is 1. The first-order chi connectivity index (χ1) is 11.6. The van der Waals surface area contributed by atoms with Gasteiger partial charge in [-0.15, -0.1) is 0 Å². The Balaban J connectivity index is 1.48. The van der Waals surface area contributed by atoms with Crippen molar-refractivity contribution in [2.75, 3.05) is 31.6 Å². The standard InChI is InChI=1S/C19H26N2O3/c1-19(22,18-4-3-13-24-18)14-20-15-9-11-21(12-10-15)16-5-7-17(23-2)8-6-16/h3-8,13,15,20,22H,9-12,14H2,1-2H3. The summed E-state index contributed by atoms with van der Waals surface area (Å²) in [6, 6.07) is 12.2. The fourth-order valence-electron chi connectivity index (χ4n) is 3.15. The molecule has 3 rings (SSSR count). The third-order valence-electron chi connectivity index (χ3n) is 4.72. The Morgan fingerprint density at radius 2 is 1.96 bits per heavy atom. The Bertz CT molecular complexity index is 615. The van der Waals surface area contributed by atoms with E-state index >= 15 is 0 Å². The van der Waals surface area contributed by atoms with Gasteiger partial charge in [0.1, 0.15) is 17.1 Å². The van der Waals surface area contributed by atoms with Gasteiger partial charge in [0, 0.05) is 31.4 Å². The molecule has 24 heavy (non-hydrogen) atoms. The van der Waals surface area contributed by atoms with E-state index in [1.54, 1.807) is 26.4 Å². The molecule has 2 heterocycles. The number of methoxy groups -OCH3 is 1. The Morgan fingerprint density at radius 1 is 1.25 bits per heavy atom. The topological polar surface area (TPSA) is 57.9 Å². The molecule has 1 saturated heterocycles. The molecule has 0 amide bonds. The average molecular weight is 330 g/mol. The second-order valence-corrected chi connectivity index (χ2v) is 6.59. The maximum atomic E-state index is 10.5. The summed E-state index contributed by atoms with van der Waals surface area (Å²) in [5.74, 6) is 1.49. The highest BCUT2D eigenvalue weighted by Gasteiger charge is 2.28. The minimum Gasteiger partial charge on any atom is -0.497 e. The van der Waals surface area contributed by atoms with Crippen molar-refractivity contribution in [1.29, 1.82) is 0 Å². The molecule has 1 fully saturated rings. The summed E-state index contributed by atoms with van der Waals surface area (Å²) < 4.78 is 10.5. The lowest BCUT2D eigenvalue weighted by molar-refractivity contribution is 0.0308. The second-order valence-electron chi connectivity index (χ2n) is 6.59. The summed E-state index contributed by atoms with van der Waals surface area (Å²) in [4.78, 5) is 2.39. The van der Waals surface area contributed by atoms with Crippen LogP contribution in [0.4, 0.5) is 5.69 Å². The minimum absolute atomic E-state index is 0.418. The lowest BCUT2D eigenvalue weighted by Gasteiger charge is -2.35. The largest absolute Gasteiger partial charge is 0.497 e. The van der Waals surface area contributed by atoms with Crippen molar-refractivity contribution in [1.82, 2.24) is 5.32 Å². The molecule has 2 N–H and O–H groups in total. The van der Waals surface area contributed by atoms with Gasteiger partial charge in [0.2, 0.25) is 0 Å². The molecule has 2 aromatic rings. The average Bonchev–Trinajstić information content (AvgIpc) is 3.16. The van der Waals surface area contributed by atoms with Gasteiger partial charge in [0.05, 0.1) is 13.4 Å². The third kappa shape index (κ3) is 3.91. The normalized spacial score (nSPS) is 18.4. The highest BCUT2D eigenvalue weighted by atomic mass is 16.5. The van der Waals surface area contributed by atoms with Gasteiger partial charge < -0.3 is 24.5 Å². The van der Waals surface area contributed by atoms with E-state index in [1.165, 1.54) is 5.69 Å². The van der Waals surface area contributed by atoms with E-state index in [1.807, 2.05) is 18.2 Å². The van der Waals surface area contributed by atoms with Crippen LogP contribution in [-0.2, 0) is 5.60 Å². The molecule has 1 aromatic heterocycles. The summed E-state index contributed by atoms with van der Waals surface area (Å²) in [6.45, 7) is 4.29. The summed E-state index contributed by atoms with van der Waals surface area (Å²) >= 11 is 0. The zero-order valence-corrected chi connectivity index (χ0v) is 14.4. The number of nitrogens with one attached hydrogen (secondary N) is 1. The maximum absolute atomic E-state index is 10.5. The fourth-order valence-corrected chi connectivity index (χ4v) is 3.15. The first-order valence-electron chi connectivity index (χ1n) is 8.47. The van der Waals surface area contributed by atoms with E-state index in [2.05, 4.69) is 22.3 Å². The smallest absolute Gasteiger partial charge is 0.136 e. The lowest BCUT2D eigenvalue weighted by Crippen LogP contribution is -2.46. The van der Waals surface area contributed by atoms with E-state index in [4.69, 9.17) is 9.15 Å². The van der Waals surface area contributed by atoms with Gasteiger partial charge >= 0.3 is 0 Å². The van der Waals surface area contributed by atoms with Crippen molar-refractivity contribution in [3.05, 3.63) is 48.4 Å². The van der Waals surface area contributed by atoms with Crippen LogP contribution in [0.25, 0.3) is 0 Å². The lowest BCUT2D eigenvalue weighted by atomic mass is 10.00. The molecule has 0 spiro atoms. The van der Waals surface area contributed by atoms with E-state index < -0.39 is 5.60 Å². The molecular formula is C19H26N2O3. The van der Waals surface area contributed by atoms with Gasteiger partial charge in [0.15, 0.2) is 0 Å². The molecular weight excluding hydrogens is 304 g/mol. The van der Waals surface area contributed by atoms with Crippen LogP contribution in [0.5, 0.6) is 5.75 Å². The number of furan rings is 1. The van der Waals surface area contributed by atoms with Gasteiger partial charge in [0.25, 0.3) is 0 Å². The molecule has 0 bridgehead atoms. The SMILES string of the molecule is COc1ccc(N2CCC(NCC(C)(O)c3ccco3)CC2)cc1. The van der Waals surface area contributed by atoms with Crippen molar-refractivity contribution < 1.29 is 14.3 Å². The van der Waals surface area contributed by atoms with Crippen LogP contribution in [-0.4, -0.2) is 37.9 Å². The highest BCUT2D eigenvalue weighted by molar-refractivity contribution is 5.49. The summed E-state index contributed by atoms with van der Waals surface area (Å²) in [6.07, 6.45) is 3.71. The molecule has 130 valence electrons. The Labute approximate surface area is 143 Å². The number of rotatable bonds is 6. The molecule has 1 aromatic carbocycles. The van der Waals surface area contributed by atoms with Crippen LogP contribution in [0.3, 0.4) is 0 Å². The third-order valence-corrected chi connectivity index (χ3v) is 4.72. The number of aliphatic hydroxyl groups is 1. The zero-order valence-electron chi connectivity index (χ0n) is 14.4. The van der Waals surface area contributed by atoms with E-state index in [0.29, 0.717) is 18.3 Å². The van der Waals surface area contributed by atoms with E-state index in [9.17, 15) is 5.11 Å². The van der Waals surface area contributed by atoms with Crippen LogP contribution in [0.1, 0.15) is 25.5 Å². The Morgan fingerprint density at radius 3 is 2.54 bits per heavy atom. The molecule has 0 radical (unpaired) electrons. The quantitative estimate of drug-likeness (QED) is 0.853. The van der Waals surface area contributed by atoms with Gasteiger partial charge in [-0.1, -0.05) is 0 Å². The van der Waals surface area contributed by atoms with Crippen LogP contribution in [0, 0.1) is 0 Å². The minimum atomic E-state index is -0.976. The van der Waals surface area contributed by atoms with Crippen LogP contribution in [0.15, 0.2) is 47.1 Å². The summed E-state index contributed by atoms with van der Waals surface area (Å²) in [5, 5.41) is 14.0. The molecule has 5 heteroatoms. The summed E-state index contributed by atoms with van der Waals surface area (Å²) in [5.41, 5.74) is 0.258. The molecule has 1 unspecified atom stereocenters. The van der Waals surface area contributed by atoms with Crippen LogP contribution >= 0.6 is 0 Å². The van der Waals surface area contributed by atoms with Gasteiger partial charge in [-0.2, -0.15) is 0 Å². The predicted molar refractivity (Wildman–Crippen MR) is 94.5 cm³/mol. The van der Waals surface area contributed by atoms with Crippen LogP contribution in [0.2, 0.25) is 0 Å². The number of anilines is 1. The number of ether oxygens (including phenoxy) is 1. The van der Waals surface area contributed by atoms with Gasteiger partial charge in [-0.25, -0.2) is 0 Å². The number of hydrogen-bond acceptors (Lipinski definition) is 5. The Kier molecular flexibility index (Phi) is 5.11. The number of benzene rings is 1. The van der Waals surface area contributed by atoms with Crippen molar-refractivity contribution in [2.24, 2.45) is 0 Å². The van der Waals surface area contributed by atoms with Gasteiger partial charge in [-0.3, -0.25) is 0 Å². The monoisotopic (exact) mass is 330 g/mol. The van der Waals surface area contributed by atoms with Crippen LogP contribution < -0.4 is 15.0 Å². The van der Waals surface area contributed by atoms with E-state index in [0.717, 1.165) is 31.7 Å². The fraction of sp³-hybridized carbons (Fsp3) is 0.474.